The standard InChI is InChI=1S/C12H15BrN2O/c1-8-9(6-7-14-8)12(16)15-11-5-3-2-4-10(11)13/h2-5,8-9,14H,6-7H2,1H3,(H,15,16). The predicted octanol–water partition coefficient (Wildman–Crippen LogP) is 2.39. The van der Waals surface area contributed by atoms with Crippen LogP contribution < -0.4 is 10.6 Å². The Hall–Kier alpha value is -0.870. The van der Waals surface area contributed by atoms with E-state index in [9.17, 15) is 4.79 Å². The third-order valence-electron chi connectivity index (χ3n) is 2.99. The largest absolute Gasteiger partial charge is 0.325 e. The van der Waals surface area contributed by atoms with Crippen molar-refractivity contribution in [2.24, 2.45) is 5.92 Å². The number of para-hydroxylation sites is 1. The molecule has 1 fully saturated rings. The van der Waals surface area contributed by atoms with E-state index in [1.165, 1.54) is 0 Å². The second-order valence-corrected chi connectivity index (χ2v) is 4.96. The molecular formula is C12H15BrN2O. The van der Waals surface area contributed by atoms with E-state index in [-0.39, 0.29) is 17.9 Å². The maximum Gasteiger partial charge on any atom is 0.229 e. The minimum atomic E-state index is 0.0760. The number of hydrogen-bond acceptors (Lipinski definition) is 2. The molecule has 1 aromatic carbocycles. The summed E-state index contributed by atoms with van der Waals surface area (Å²) in [4.78, 5) is 12.0. The van der Waals surface area contributed by atoms with E-state index in [1.807, 2.05) is 24.3 Å². The van der Waals surface area contributed by atoms with Gasteiger partial charge in [-0.3, -0.25) is 4.79 Å². The molecule has 2 rings (SSSR count). The van der Waals surface area contributed by atoms with Gasteiger partial charge in [0.2, 0.25) is 5.91 Å². The smallest absolute Gasteiger partial charge is 0.229 e. The number of rotatable bonds is 2. The maximum atomic E-state index is 12.0. The van der Waals surface area contributed by atoms with Gasteiger partial charge in [-0.2, -0.15) is 0 Å². The molecule has 86 valence electrons. The van der Waals surface area contributed by atoms with E-state index in [0.29, 0.717) is 0 Å². The summed E-state index contributed by atoms with van der Waals surface area (Å²) in [5, 5.41) is 6.24. The van der Waals surface area contributed by atoms with Crippen molar-refractivity contribution in [1.29, 1.82) is 0 Å². The Balaban J connectivity index is 2.05. The number of amides is 1. The minimum Gasteiger partial charge on any atom is -0.325 e. The molecule has 2 atom stereocenters. The third-order valence-corrected chi connectivity index (χ3v) is 3.69. The van der Waals surface area contributed by atoms with Crippen LogP contribution in [0.3, 0.4) is 0 Å². The van der Waals surface area contributed by atoms with Gasteiger partial charge in [0.15, 0.2) is 0 Å². The van der Waals surface area contributed by atoms with E-state index >= 15 is 0 Å². The fourth-order valence-corrected chi connectivity index (χ4v) is 2.39. The molecule has 0 bridgehead atoms. The second-order valence-electron chi connectivity index (χ2n) is 4.11. The molecule has 16 heavy (non-hydrogen) atoms. The van der Waals surface area contributed by atoms with Crippen LogP contribution in [0.5, 0.6) is 0 Å². The lowest BCUT2D eigenvalue weighted by Crippen LogP contribution is -2.32. The number of benzene rings is 1. The van der Waals surface area contributed by atoms with Crippen molar-refractivity contribution in [3.05, 3.63) is 28.7 Å². The van der Waals surface area contributed by atoms with Crippen molar-refractivity contribution in [1.82, 2.24) is 5.32 Å². The van der Waals surface area contributed by atoms with Gasteiger partial charge in [-0.25, -0.2) is 0 Å². The summed E-state index contributed by atoms with van der Waals surface area (Å²) < 4.78 is 0.918. The molecule has 1 aliphatic heterocycles. The molecule has 1 saturated heterocycles. The second kappa shape index (κ2) is 4.97. The molecule has 1 aliphatic rings. The van der Waals surface area contributed by atoms with Crippen molar-refractivity contribution >= 4 is 27.5 Å². The monoisotopic (exact) mass is 282 g/mol. The van der Waals surface area contributed by atoms with Crippen LogP contribution >= 0.6 is 15.9 Å². The van der Waals surface area contributed by atoms with E-state index in [4.69, 9.17) is 0 Å². The Labute approximate surface area is 104 Å². The molecule has 2 N–H and O–H groups in total. The molecule has 1 amide bonds. The fraction of sp³-hybridized carbons (Fsp3) is 0.417. The quantitative estimate of drug-likeness (QED) is 0.875. The maximum absolute atomic E-state index is 12.0. The van der Waals surface area contributed by atoms with Crippen molar-refractivity contribution in [3.63, 3.8) is 0 Å². The molecule has 2 unspecified atom stereocenters. The van der Waals surface area contributed by atoms with Crippen LogP contribution in [-0.4, -0.2) is 18.5 Å². The van der Waals surface area contributed by atoms with Crippen molar-refractivity contribution in [3.8, 4) is 0 Å². The lowest BCUT2D eigenvalue weighted by Gasteiger charge is -2.15. The predicted molar refractivity (Wildman–Crippen MR) is 68.3 cm³/mol. The van der Waals surface area contributed by atoms with Crippen molar-refractivity contribution < 1.29 is 4.79 Å². The Kier molecular flexibility index (Phi) is 3.61. The summed E-state index contributed by atoms with van der Waals surface area (Å²) in [6.07, 6.45) is 0.914. The summed E-state index contributed by atoms with van der Waals surface area (Å²) in [5.74, 6) is 0.177. The summed E-state index contributed by atoms with van der Waals surface area (Å²) in [5.41, 5.74) is 0.839. The Morgan fingerprint density at radius 3 is 2.88 bits per heavy atom. The van der Waals surface area contributed by atoms with Crippen LogP contribution in [0.4, 0.5) is 5.69 Å². The van der Waals surface area contributed by atoms with E-state index in [0.717, 1.165) is 23.1 Å². The lowest BCUT2D eigenvalue weighted by atomic mass is 10.0. The van der Waals surface area contributed by atoms with Gasteiger partial charge in [0.25, 0.3) is 0 Å². The average Bonchev–Trinajstić information content (AvgIpc) is 2.68. The number of carbonyl (C=O) groups excluding carboxylic acids is 1. The van der Waals surface area contributed by atoms with Crippen LogP contribution in [0.2, 0.25) is 0 Å². The van der Waals surface area contributed by atoms with Gasteiger partial charge >= 0.3 is 0 Å². The van der Waals surface area contributed by atoms with Crippen LogP contribution in [0.15, 0.2) is 28.7 Å². The van der Waals surface area contributed by atoms with Gasteiger partial charge in [0.05, 0.1) is 11.6 Å². The molecule has 3 nitrogen and oxygen atoms in total. The number of halogens is 1. The molecule has 0 spiro atoms. The minimum absolute atomic E-state index is 0.0760. The zero-order valence-electron chi connectivity index (χ0n) is 9.16. The zero-order chi connectivity index (χ0) is 11.5. The average molecular weight is 283 g/mol. The normalized spacial score (nSPS) is 24.4. The van der Waals surface area contributed by atoms with Gasteiger partial charge in [0.1, 0.15) is 0 Å². The number of anilines is 1. The van der Waals surface area contributed by atoms with Gasteiger partial charge < -0.3 is 10.6 Å². The molecular weight excluding hydrogens is 268 g/mol. The van der Waals surface area contributed by atoms with Gasteiger partial charge in [-0.05, 0) is 48.0 Å². The first-order valence-corrected chi connectivity index (χ1v) is 6.26. The third kappa shape index (κ3) is 2.44. The first kappa shape index (κ1) is 11.6. The topological polar surface area (TPSA) is 41.1 Å². The van der Waals surface area contributed by atoms with E-state index in [2.05, 4.69) is 33.5 Å². The van der Waals surface area contributed by atoms with E-state index in [1.54, 1.807) is 0 Å². The highest BCUT2D eigenvalue weighted by atomic mass is 79.9. The lowest BCUT2D eigenvalue weighted by molar-refractivity contribution is -0.120. The van der Waals surface area contributed by atoms with Gasteiger partial charge in [-0.15, -0.1) is 0 Å². The molecule has 0 radical (unpaired) electrons. The highest BCUT2D eigenvalue weighted by molar-refractivity contribution is 9.10. The fourth-order valence-electron chi connectivity index (χ4n) is 2.00. The first-order valence-electron chi connectivity index (χ1n) is 5.47. The first-order chi connectivity index (χ1) is 7.68. The summed E-state index contributed by atoms with van der Waals surface area (Å²) >= 11 is 3.42. The Bertz CT molecular complexity index is 394. The van der Waals surface area contributed by atoms with Gasteiger partial charge in [-0.1, -0.05) is 12.1 Å². The Morgan fingerprint density at radius 1 is 1.50 bits per heavy atom. The van der Waals surface area contributed by atoms with Crippen LogP contribution in [0.25, 0.3) is 0 Å². The Morgan fingerprint density at radius 2 is 2.25 bits per heavy atom. The van der Waals surface area contributed by atoms with Gasteiger partial charge in [0, 0.05) is 10.5 Å². The van der Waals surface area contributed by atoms with Crippen LogP contribution in [0, 0.1) is 5.92 Å². The summed E-state index contributed by atoms with van der Waals surface area (Å²) in [6.45, 7) is 2.98. The number of carbonyl (C=O) groups is 1. The highest BCUT2D eigenvalue weighted by Crippen LogP contribution is 2.23. The summed E-state index contributed by atoms with van der Waals surface area (Å²) in [7, 11) is 0. The van der Waals surface area contributed by atoms with E-state index < -0.39 is 0 Å². The zero-order valence-corrected chi connectivity index (χ0v) is 10.8. The molecule has 0 aliphatic carbocycles. The molecule has 4 heteroatoms. The summed E-state index contributed by atoms with van der Waals surface area (Å²) in [6, 6.07) is 7.93. The molecule has 0 aromatic heterocycles. The van der Waals surface area contributed by atoms with Crippen LogP contribution in [0.1, 0.15) is 13.3 Å². The molecule has 1 aromatic rings. The van der Waals surface area contributed by atoms with Crippen molar-refractivity contribution in [2.75, 3.05) is 11.9 Å². The molecule has 1 heterocycles. The van der Waals surface area contributed by atoms with Crippen molar-refractivity contribution in [2.45, 2.75) is 19.4 Å². The number of nitrogens with one attached hydrogen (secondary N) is 2. The highest BCUT2D eigenvalue weighted by Gasteiger charge is 2.29. The number of hydrogen-bond donors (Lipinski definition) is 2. The van der Waals surface area contributed by atoms with Crippen LogP contribution in [-0.2, 0) is 4.79 Å². The SMILES string of the molecule is CC1NCCC1C(=O)Nc1ccccc1Br. The molecule has 0 saturated carbocycles.